The highest BCUT2D eigenvalue weighted by atomic mass is 16.5. The normalized spacial score (nSPS) is 13.9. The Labute approximate surface area is 175 Å². The van der Waals surface area contributed by atoms with E-state index in [9.17, 15) is 9.59 Å². The van der Waals surface area contributed by atoms with Gasteiger partial charge in [0.25, 0.3) is 0 Å². The number of nitrogens with one attached hydrogen (secondary N) is 2. The topological polar surface area (TPSA) is 76.7 Å². The number of hydrogen-bond donors (Lipinski definition) is 2. The summed E-state index contributed by atoms with van der Waals surface area (Å²) in [5.74, 6) is 0.781. The van der Waals surface area contributed by atoms with Gasteiger partial charge in [-0.3, -0.25) is 9.59 Å². The standard InChI is InChI=1S/C24H24N2O4/c1-16(24(28)26-19-10-11-21-22(15-19)30-13-5-12-29-21)25-23(27)14-18-8-4-7-17-6-2-3-9-20(17)18/h2-4,6-11,15-16H,5,12-14H2,1H3,(H,25,27)(H,26,28)/t16-/m1/s1. The first kappa shape index (κ1) is 19.8. The lowest BCUT2D eigenvalue weighted by molar-refractivity contribution is -0.125. The van der Waals surface area contributed by atoms with E-state index in [0.29, 0.717) is 30.4 Å². The molecule has 154 valence electrons. The Balaban J connectivity index is 1.37. The van der Waals surface area contributed by atoms with Gasteiger partial charge >= 0.3 is 0 Å². The summed E-state index contributed by atoms with van der Waals surface area (Å²) in [5, 5.41) is 7.73. The Bertz CT molecular complexity index is 1070. The molecule has 2 amide bonds. The number of amides is 2. The van der Waals surface area contributed by atoms with Gasteiger partial charge in [-0.05, 0) is 35.4 Å². The molecule has 0 spiro atoms. The molecule has 0 saturated carbocycles. The van der Waals surface area contributed by atoms with Crippen LogP contribution in [-0.4, -0.2) is 31.1 Å². The highest BCUT2D eigenvalue weighted by Gasteiger charge is 2.18. The Morgan fingerprint density at radius 2 is 1.73 bits per heavy atom. The molecule has 1 aliphatic heterocycles. The van der Waals surface area contributed by atoms with E-state index in [1.165, 1.54) is 0 Å². The lowest BCUT2D eigenvalue weighted by Crippen LogP contribution is -2.42. The quantitative estimate of drug-likeness (QED) is 0.680. The summed E-state index contributed by atoms with van der Waals surface area (Å²) < 4.78 is 11.3. The van der Waals surface area contributed by atoms with Crippen molar-refractivity contribution in [1.82, 2.24) is 5.32 Å². The van der Waals surface area contributed by atoms with E-state index < -0.39 is 6.04 Å². The molecule has 6 nitrogen and oxygen atoms in total. The first-order valence-corrected chi connectivity index (χ1v) is 10.1. The molecule has 1 aliphatic rings. The zero-order valence-electron chi connectivity index (χ0n) is 16.8. The molecule has 3 aromatic rings. The molecule has 0 saturated heterocycles. The van der Waals surface area contributed by atoms with Crippen LogP contribution in [0.3, 0.4) is 0 Å². The van der Waals surface area contributed by atoms with Gasteiger partial charge in [-0.25, -0.2) is 0 Å². The number of benzene rings is 3. The molecule has 30 heavy (non-hydrogen) atoms. The van der Waals surface area contributed by atoms with E-state index in [1.807, 2.05) is 42.5 Å². The van der Waals surface area contributed by atoms with Crippen LogP contribution < -0.4 is 20.1 Å². The maximum absolute atomic E-state index is 12.6. The van der Waals surface area contributed by atoms with Crippen LogP contribution in [-0.2, 0) is 16.0 Å². The molecule has 0 aromatic heterocycles. The first-order valence-electron chi connectivity index (χ1n) is 10.1. The molecular weight excluding hydrogens is 380 g/mol. The molecule has 2 N–H and O–H groups in total. The lowest BCUT2D eigenvalue weighted by atomic mass is 10.0. The summed E-state index contributed by atoms with van der Waals surface area (Å²) >= 11 is 0. The molecule has 0 aliphatic carbocycles. The summed E-state index contributed by atoms with van der Waals surface area (Å²) in [4.78, 5) is 25.1. The van der Waals surface area contributed by atoms with Crippen molar-refractivity contribution in [3.8, 4) is 11.5 Å². The summed E-state index contributed by atoms with van der Waals surface area (Å²) in [6.07, 6.45) is 1.03. The number of anilines is 1. The molecule has 0 radical (unpaired) electrons. The first-order chi connectivity index (χ1) is 14.6. The van der Waals surface area contributed by atoms with Gasteiger partial charge in [-0.2, -0.15) is 0 Å². The Kier molecular flexibility index (Phi) is 5.84. The van der Waals surface area contributed by atoms with Crippen LogP contribution in [0.2, 0.25) is 0 Å². The molecule has 3 aromatic carbocycles. The number of carbonyl (C=O) groups excluding carboxylic acids is 2. The second kappa shape index (κ2) is 8.86. The lowest BCUT2D eigenvalue weighted by Gasteiger charge is -2.16. The summed E-state index contributed by atoms with van der Waals surface area (Å²) in [6, 6.07) is 18.4. The number of fused-ring (bicyclic) bond motifs is 2. The molecule has 0 unspecified atom stereocenters. The van der Waals surface area contributed by atoms with Crippen LogP contribution in [0.25, 0.3) is 10.8 Å². The van der Waals surface area contributed by atoms with Crippen LogP contribution in [0.5, 0.6) is 11.5 Å². The molecule has 0 fully saturated rings. The van der Waals surface area contributed by atoms with Crippen molar-refractivity contribution in [3.05, 3.63) is 66.2 Å². The SMILES string of the molecule is C[C@@H](NC(=O)Cc1cccc2ccccc12)C(=O)Nc1ccc2c(c1)OCCCO2. The summed E-state index contributed by atoms with van der Waals surface area (Å²) in [7, 11) is 0. The highest BCUT2D eigenvalue weighted by Crippen LogP contribution is 2.32. The van der Waals surface area contributed by atoms with Crippen molar-refractivity contribution in [2.75, 3.05) is 18.5 Å². The van der Waals surface area contributed by atoms with Gasteiger partial charge in [0, 0.05) is 18.2 Å². The van der Waals surface area contributed by atoms with E-state index in [2.05, 4.69) is 10.6 Å². The minimum atomic E-state index is -0.677. The highest BCUT2D eigenvalue weighted by molar-refractivity contribution is 5.98. The zero-order valence-corrected chi connectivity index (χ0v) is 16.8. The van der Waals surface area contributed by atoms with Gasteiger partial charge in [0.1, 0.15) is 6.04 Å². The second-order valence-electron chi connectivity index (χ2n) is 7.31. The van der Waals surface area contributed by atoms with Crippen molar-refractivity contribution < 1.29 is 19.1 Å². The van der Waals surface area contributed by atoms with Crippen LogP contribution in [0, 0.1) is 0 Å². The number of rotatable bonds is 5. The van der Waals surface area contributed by atoms with Gasteiger partial charge in [-0.15, -0.1) is 0 Å². The molecule has 0 bridgehead atoms. The molecular formula is C24H24N2O4. The maximum Gasteiger partial charge on any atom is 0.246 e. The van der Waals surface area contributed by atoms with Crippen LogP contribution in [0.4, 0.5) is 5.69 Å². The van der Waals surface area contributed by atoms with Crippen molar-refractivity contribution in [2.45, 2.75) is 25.8 Å². The van der Waals surface area contributed by atoms with Gasteiger partial charge < -0.3 is 20.1 Å². The minimum absolute atomic E-state index is 0.201. The van der Waals surface area contributed by atoms with Crippen molar-refractivity contribution >= 4 is 28.3 Å². The average molecular weight is 404 g/mol. The van der Waals surface area contributed by atoms with E-state index in [4.69, 9.17) is 9.47 Å². The summed E-state index contributed by atoms with van der Waals surface area (Å²) in [5.41, 5.74) is 1.53. The van der Waals surface area contributed by atoms with E-state index in [0.717, 1.165) is 22.8 Å². The van der Waals surface area contributed by atoms with Crippen molar-refractivity contribution in [2.24, 2.45) is 0 Å². The van der Waals surface area contributed by atoms with E-state index in [1.54, 1.807) is 25.1 Å². The Morgan fingerprint density at radius 1 is 0.967 bits per heavy atom. The smallest absolute Gasteiger partial charge is 0.246 e. The van der Waals surface area contributed by atoms with Gasteiger partial charge in [0.2, 0.25) is 11.8 Å². The molecule has 1 heterocycles. The van der Waals surface area contributed by atoms with Gasteiger partial charge in [0.15, 0.2) is 11.5 Å². The Hall–Kier alpha value is -3.54. The maximum atomic E-state index is 12.6. The molecule has 6 heteroatoms. The minimum Gasteiger partial charge on any atom is -0.490 e. The second-order valence-corrected chi connectivity index (χ2v) is 7.31. The zero-order chi connectivity index (χ0) is 20.9. The van der Waals surface area contributed by atoms with Crippen molar-refractivity contribution in [1.29, 1.82) is 0 Å². The van der Waals surface area contributed by atoms with Crippen LogP contribution in [0.15, 0.2) is 60.7 Å². The molecule has 1 atom stereocenters. The largest absolute Gasteiger partial charge is 0.490 e. The van der Waals surface area contributed by atoms with Gasteiger partial charge in [0.05, 0.1) is 19.6 Å². The number of hydrogen-bond acceptors (Lipinski definition) is 4. The van der Waals surface area contributed by atoms with Crippen LogP contribution >= 0.6 is 0 Å². The fourth-order valence-electron chi connectivity index (χ4n) is 3.47. The van der Waals surface area contributed by atoms with E-state index in [-0.39, 0.29) is 18.2 Å². The summed E-state index contributed by atoms with van der Waals surface area (Å²) in [6.45, 7) is 2.85. The van der Waals surface area contributed by atoms with Gasteiger partial charge in [-0.1, -0.05) is 42.5 Å². The number of ether oxygens (including phenoxy) is 2. The third kappa shape index (κ3) is 4.54. The fraction of sp³-hybridized carbons (Fsp3) is 0.250. The monoisotopic (exact) mass is 404 g/mol. The van der Waals surface area contributed by atoms with E-state index >= 15 is 0 Å². The third-order valence-electron chi connectivity index (χ3n) is 5.02. The molecule has 4 rings (SSSR count). The fourth-order valence-corrected chi connectivity index (χ4v) is 3.47. The predicted molar refractivity (Wildman–Crippen MR) is 116 cm³/mol. The third-order valence-corrected chi connectivity index (χ3v) is 5.02. The average Bonchev–Trinajstić information content (AvgIpc) is 2.99. The predicted octanol–water partition coefficient (Wildman–Crippen LogP) is 3.69. The Morgan fingerprint density at radius 3 is 2.60 bits per heavy atom. The number of carbonyl (C=O) groups is 2. The van der Waals surface area contributed by atoms with Crippen molar-refractivity contribution in [3.63, 3.8) is 0 Å². The van der Waals surface area contributed by atoms with Crippen LogP contribution in [0.1, 0.15) is 18.9 Å².